The minimum Gasteiger partial charge on any atom is -0.490 e. The van der Waals surface area contributed by atoms with Gasteiger partial charge >= 0.3 is 5.69 Å². The van der Waals surface area contributed by atoms with Gasteiger partial charge in [0, 0.05) is 10.5 Å². The number of benzene rings is 2. The quantitative estimate of drug-likeness (QED) is 0.350. The third-order valence-corrected chi connectivity index (χ3v) is 3.51. The fraction of sp³-hybridized carbons (Fsp3) is 0.0625. The summed E-state index contributed by atoms with van der Waals surface area (Å²) < 4.78 is 5.87. The molecule has 0 amide bonds. The van der Waals surface area contributed by atoms with Gasteiger partial charge in [-0.3, -0.25) is 10.1 Å². The first kappa shape index (κ1) is 15.7. The van der Waals surface area contributed by atoms with E-state index in [1.807, 2.05) is 12.1 Å². The summed E-state index contributed by atoms with van der Waals surface area (Å²) in [5, 5.41) is 20.3. The van der Waals surface area contributed by atoms with E-state index in [0.717, 1.165) is 10.0 Å². The van der Waals surface area contributed by atoms with E-state index >= 15 is 0 Å². The summed E-state index contributed by atoms with van der Waals surface area (Å²) in [7, 11) is 1.38. The van der Waals surface area contributed by atoms with E-state index in [9.17, 15) is 15.4 Å². The minimum absolute atomic E-state index is 0.135. The first-order valence-electron chi connectivity index (χ1n) is 6.25. The zero-order chi connectivity index (χ0) is 16.1. The van der Waals surface area contributed by atoms with Crippen LogP contribution < -0.4 is 4.74 Å². The van der Waals surface area contributed by atoms with Gasteiger partial charge in [-0.1, -0.05) is 34.1 Å². The molecule has 0 aliphatic heterocycles. The lowest BCUT2D eigenvalue weighted by atomic mass is 10.0. The van der Waals surface area contributed by atoms with Gasteiger partial charge in [0.25, 0.3) is 0 Å². The van der Waals surface area contributed by atoms with Crippen molar-refractivity contribution in [3.63, 3.8) is 0 Å². The maximum atomic E-state index is 11.0. The van der Waals surface area contributed by atoms with Crippen molar-refractivity contribution in [1.29, 1.82) is 5.26 Å². The second kappa shape index (κ2) is 6.87. The maximum Gasteiger partial charge on any atom is 0.311 e. The van der Waals surface area contributed by atoms with Gasteiger partial charge in [-0.15, -0.1) is 0 Å². The van der Waals surface area contributed by atoms with Gasteiger partial charge in [0.2, 0.25) is 0 Å². The SMILES string of the molecule is COc1ccc(C=C(C#N)c2ccc(Br)cc2)cc1[N+](=O)[O-]. The number of nitro benzene ring substituents is 1. The zero-order valence-corrected chi connectivity index (χ0v) is 13.2. The fourth-order valence-corrected chi connectivity index (χ4v) is 2.18. The molecule has 0 radical (unpaired) electrons. The van der Waals surface area contributed by atoms with Crippen molar-refractivity contribution in [3.05, 3.63) is 68.2 Å². The highest BCUT2D eigenvalue weighted by Gasteiger charge is 2.14. The Labute approximate surface area is 135 Å². The van der Waals surface area contributed by atoms with E-state index < -0.39 is 4.92 Å². The summed E-state index contributed by atoms with van der Waals surface area (Å²) in [6.45, 7) is 0. The summed E-state index contributed by atoms with van der Waals surface area (Å²) in [5.74, 6) is 0.185. The van der Waals surface area contributed by atoms with Crippen LogP contribution in [0.4, 0.5) is 5.69 Å². The molecule has 0 spiro atoms. The van der Waals surface area contributed by atoms with Crippen molar-refractivity contribution in [2.45, 2.75) is 0 Å². The number of hydrogen-bond acceptors (Lipinski definition) is 4. The molecule has 2 aromatic rings. The van der Waals surface area contributed by atoms with Crippen molar-refractivity contribution in [2.24, 2.45) is 0 Å². The van der Waals surface area contributed by atoms with E-state index in [1.54, 1.807) is 24.3 Å². The summed E-state index contributed by atoms with van der Waals surface area (Å²) in [4.78, 5) is 10.5. The van der Waals surface area contributed by atoms with Crippen molar-refractivity contribution in [1.82, 2.24) is 0 Å². The third-order valence-electron chi connectivity index (χ3n) is 2.99. The van der Waals surface area contributed by atoms with Crippen LogP contribution in [0.2, 0.25) is 0 Å². The second-order valence-electron chi connectivity index (χ2n) is 4.37. The largest absolute Gasteiger partial charge is 0.490 e. The molecule has 22 heavy (non-hydrogen) atoms. The van der Waals surface area contributed by atoms with Gasteiger partial charge in [-0.2, -0.15) is 5.26 Å². The maximum absolute atomic E-state index is 11.0. The van der Waals surface area contributed by atoms with Gasteiger partial charge < -0.3 is 4.74 Å². The molecule has 0 aliphatic rings. The number of allylic oxidation sites excluding steroid dienone is 1. The Bertz CT molecular complexity index is 777. The highest BCUT2D eigenvalue weighted by Crippen LogP contribution is 2.29. The summed E-state index contributed by atoms with van der Waals surface area (Å²) in [6, 6.07) is 13.9. The first-order valence-corrected chi connectivity index (χ1v) is 7.04. The molecule has 0 bridgehead atoms. The first-order chi connectivity index (χ1) is 10.5. The normalized spacial score (nSPS) is 10.9. The average Bonchev–Trinajstić information content (AvgIpc) is 2.53. The number of nitrogens with zero attached hydrogens (tertiary/aromatic N) is 2. The van der Waals surface area contributed by atoms with Crippen LogP contribution in [0.25, 0.3) is 11.6 Å². The van der Waals surface area contributed by atoms with Crippen molar-refractivity contribution >= 4 is 33.3 Å². The molecule has 0 aromatic heterocycles. The summed E-state index contributed by atoms with van der Waals surface area (Å²) in [6.07, 6.45) is 1.61. The number of rotatable bonds is 4. The standard InChI is InChI=1S/C16H11BrN2O3/c1-22-16-7-2-11(9-15(16)19(20)21)8-13(10-18)12-3-5-14(17)6-4-12/h2-9H,1H3. The molecule has 0 fully saturated rings. The van der Waals surface area contributed by atoms with Crippen LogP contribution in [-0.4, -0.2) is 12.0 Å². The summed E-state index contributed by atoms with van der Waals surface area (Å²) >= 11 is 3.33. The van der Waals surface area contributed by atoms with Crippen LogP contribution in [0.5, 0.6) is 5.75 Å². The smallest absolute Gasteiger partial charge is 0.311 e. The average molecular weight is 359 g/mol. The topological polar surface area (TPSA) is 76.2 Å². The molecule has 2 aromatic carbocycles. The lowest BCUT2D eigenvalue weighted by Crippen LogP contribution is -1.94. The number of halogens is 1. The molecule has 5 nitrogen and oxygen atoms in total. The van der Waals surface area contributed by atoms with Gasteiger partial charge in [0.05, 0.1) is 23.7 Å². The number of nitriles is 1. The predicted molar refractivity (Wildman–Crippen MR) is 87.3 cm³/mol. The highest BCUT2D eigenvalue weighted by atomic mass is 79.9. The number of hydrogen-bond donors (Lipinski definition) is 0. The molecule has 110 valence electrons. The third kappa shape index (κ3) is 3.51. The van der Waals surface area contributed by atoms with Crippen LogP contribution >= 0.6 is 15.9 Å². The molecule has 0 unspecified atom stereocenters. The molecule has 0 atom stereocenters. The zero-order valence-electron chi connectivity index (χ0n) is 11.6. The molecule has 0 saturated carbocycles. The Kier molecular flexibility index (Phi) is 4.92. The Morgan fingerprint density at radius 3 is 2.55 bits per heavy atom. The van der Waals surface area contributed by atoms with Crippen LogP contribution in [0.3, 0.4) is 0 Å². The molecule has 0 N–H and O–H groups in total. The van der Waals surface area contributed by atoms with E-state index in [1.165, 1.54) is 19.2 Å². The van der Waals surface area contributed by atoms with E-state index in [4.69, 9.17) is 4.74 Å². The minimum atomic E-state index is -0.512. The van der Waals surface area contributed by atoms with Crippen LogP contribution in [0, 0.1) is 21.4 Å². The lowest BCUT2D eigenvalue weighted by Gasteiger charge is -2.03. The second-order valence-corrected chi connectivity index (χ2v) is 5.28. The highest BCUT2D eigenvalue weighted by molar-refractivity contribution is 9.10. The Morgan fingerprint density at radius 1 is 1.32 bits per heavy atom. The van der Waals surface area contributed by atoms with Crippen molar-refractivity contribution in [2.75, 3.05) is 7.11 Å². The molecule has 6 heteroatoms. The number of nitro groups is 1. The van der Waals surface area contributed by atoms with Crippen LogP contribution in [-0.2, 0) is 0 Å². The van der Waals surface area contributed by atoms with Crippen LogP contribution in [0.1, 0.15) is 11.1 Å². The molecule has 0 saturated heterocycles. The van der Waals surface area contributed by atoms with Crippen molar-refractivity contribution < 1.29 is 9.66 Å². The van der Waals surface area contributed by atoms with E-state index in [-0.39, 0.29) is 11.4 Å². The monoisotopic (exact) mass is 358 g/mol. The molecule has 0 aliphatic carbocycles. The van der Waals surface area contributed by atoms with Gasteiger partial charge in [0.15, 0.2) is 5.75 Å². The Balaban J connectivity index is 2.46. The number of methoxy groups -OCH3 is 1. The molecule has 0 heterocycles. The Morgan fingerprint density at radius 2 is 2.00 bits per heavy atom. The van der Waals surface area contributed by atoms with E-state index in [0.29, 0.717) is 11.1 Å². The fourth-order valence-electron chi connectivity index (χ4n) is 1.92. The van der Waals surface area contributed by atoms with Gasteiger partial charge in [-0.25, -0.2) is 0 Å². The van der Waals surface area contributed by atoms with Crippen LogP contribution in [0.15, 0.2) is 46.9 Å². The van der Waals surface area contributed by atoms with Gasteiger partial charge in [-0.05, 0) is 35.4 Å². The molecule has 2 rings (SSSR count). The lowest BCUT2D eigenvalue weighted by molar-refractivity contribution is -0.385. The van der Waals surface area contributed by atoms with E-state index in [2.05, 4.69) is 22.0 Å². The predicted octanol–water partition coefficient (Wildman–Crippen LogP) is 4.43. The van der Waals surface area contributed by atoms with Crippen molar-refractivity contribution in [3.8, 4) is 11.8 Å². The number of ether oxygens (including phenoxy) is 1. The molecular weight excluding hydrogens is 348 g/mol. The molecular formula is C16H11BrN2O3. The summed E-state index contributed by atoms with van der Waals surface area (Å²) in [5.41, 5.74) is 1.59. The Hall–Kier alpha value is -2.65. The van der Waals surface area contributed by atoms with Gasteiger partial charge in [0.1, 0.15) is 0 Å².